The van der Waals surface area contributed by atoms with Gasteiger partial charge in [-0.1, -0.05) is 17.7 Å². The first-order chi connectivity index (χ1) is 9.77. The second-order valence-corrected chi connectivity index (χ2v) is 4.70. The van der Waals surface area contributed by atoms with Gasteiger partial charge in [-0.3, -0.25) is 4.79 Å². The van der Waals surface area contributed by atoms with Gasteiger partial charge in [0.1, 0.15) is 0 Å². The Morgan fingerprint density at radius 2 is 1.86 bits per heavy atom. The Hall–Kier alpha value is -2.21. The molecule has 0 radical (unpaired) electrons. The predicted molar refractivity (Wildman–Crippen MR) is 75.3 cm³/mol. The summed E-state index contributed by atoms with van der Waals surface area (Å²) in [5.41, 5.74) is 4.64. The van der Waals surface area contributed by atoms with Crippen molar-refractivity contribution in [2.24, 2.45) is 0 Å². The zero-order valence-corrected chi connectivity index (χ0v) is 11.3. The van der Waals surface area contributed by atoms with Crippen LogP contribution < -0.4 is 11.1 Å². The van der Waals surface area contributed by atoms with E-state index in [1.807, 2.05) is 0 Å². The summed E-state index contributed by atoms with van der Waals surface area (Å²) in [4.78, 5) is 12.0. The van der Waals surface area contributed by atoms with E-state index >= 15 is 0 Å². The van der Waals surface area contributed by atoms with Crippen LogP contribution in [-0.4, -0.2) is 5.91 Å². The third-order valence-corrected chi connectivity index (χ3v) is 2.91. The van der Waals surface area contributed by atoms with Gasteiger partial charge in [0, 0.05) is 16.4 Å². The molecule has 0 heterocycles. The van der Waals surface area contributed by atoms with Gasteiger partial charge in [0.2, 0.25) is 0 Å². The van der Waals surface area contributed by atoms with Gasteiger partial charge in [0.25, 0.3) is 5.91 Å². The number of rotatable bonds is 2. The second-order valence-electron chi connectivity index (χ2n) is 4.27. The van der Waals surface area contributed by atoms with Crippen LogP contribution in [0.2, 0.25) is 5.02 Å². The Morgan fingerprint density at radius 1 is 1.14 bits per heavy atom. The van der Waals surface area contributed by atoms with E-state index in [1.54, 1.807) is 12.1 Å². The Bertz CT molecular complexity index is 686. The maximum Gasteiger partial charge on any atom is 0.417 e. The van der Waals surface area contributed by atoms with Crippen molar-refractivity contribution in [1.82, 2.24) is 0 Å². The van der Waals surface area contributed by atoms with Crippen molar-refractivity contribution in [3.05, 3.63) is 58.6 Å². The molecule has 0 atom stereocenters. The maximum atomic E-state index is 12.9. The molecule has 21 heavy (non-hydrogen) atoms. The smallest absolute Gasteiger partial charge is 0.399 e. The van der Waals surface area contributed by atoms with Gasteiger partial charge in [0.05, 0.1) is 11.1 Å². The van der Waals surface area contributed by atoms with Crippen LogP contribution in [0.15, 0.2) is 42.5 Å². The van der Waals surface area contributed by atoms with E-state index < -0.39 is 23.2 Å². The van der Waals surface area contributed by atoms with E-state index in [0.717, 1.165) is 18.2 Å². The SMILES string of the molecule is Nc1cccc(NC(=O)c2cc(Cl)ccc2C(F)(F)F)c1. The van der Waals surface area contributed by atoms with Gasteiger partial charge >= 0.3 is 6.18 Å². The summed E-state index contributed by atoms with van der Waals surface area (Å²) in [6.45, 7) is 0. The first kappa shape index (κ1) is 15.2. The first-order valence-corrected chi connectivity index (χ1v) is 6.19. The number of alkyl halides is 3. The quantitative estimate of drug-likeness (QED) is 0.816. The van der Waals surface area contributed by atoms with Crippen molar-refractivity contribution in [2.75, 3.05) is 11.1 Å². The summed E-state index contributed by atoms with van der Waals surface area (Å²) in [5, 5.41) is 2.40. The monoisotopic (exact) mass is 314 g/mol. The van der Waals surface area contributed by atoms with E-state index in [9.17, 15) is 18.0 Å². The minimum Gasteiger partial charge on any atom is -0.399 e. The molecule has 1 amide bonds. The molecule has 2 aromatic rings. The predicted octanol–water partition coefficient (Wildman–Crippen LogP) is 4.19. The lowest BCUT2D eigenvalue weighted by atomic mass is 10.1. The summed E-state index contributed by atoms with van der Waals surface area (Å²) in [6.07, 6.45) is -4.65. The van der Waals surface area contributed by atoms with Crippen LogP contribution in [-0.2, 0) is 6.18 Å². The van der Waals surface area contributed by atoms with Crippen LogP contribution in [0, 0.1) is 0 Å². The fourth-order valence-electron chi connectivity index (χ4n) is 1.77. The van der Waals surface area contributed by atoms with Gasteiger partial charge < -0.3 is 11.1 Å². The molecule has 3 N–H and O–H groups in total. The number of anilines is 2. The van der Waals surface area contributed by atoms with Crippen LogP contribution in [0.5, 0.6) is 0 Å². The first-order valence-electron chi connectivity index (χ1n) is 5.81. The molecule has 7 heteroatoms. The number of amides is 1. The molecule has 3 nitrogen and oxygen atoms in total. The summed E-state index contributed by atoms with van der Waals surface area (Å²) in [5.74, 6) is -0.907. The third kappa shape index (κ3) is 3.66. The number of nitrogens with two attached hydrogens (primary N) is 1. The van der Waals surface area contributed by atoms with Gasteiger partial charge in [-0.25, -0.2) is 0 Å². The normalized spacial score (nSPS) is 11.2. The highest BCUT2D eigenvalue weighted by atomic mass is 35.5. The van der Waals surface area contributed by atoms with Crippen LogP contribution in [0.3, 0.4) is 0 Å². The molecule has 0 aromatic heterocycles. The molecule has 2 rings (SSSR count). The summed E-state index contributed by atoms with van der Waals surface area (Å²) < 4.78 is 38.7. The van der Waals surface area contributed by atoms with Crippen molar-refractivity contribution < 1.29 is 18.0 Å². The van der Waals surface area contributed by atoms with Crippen molar-refractivity contribution in [1.29, 1.82) is 0 Å². The highest BCUT2D eigenvalue weighted by Gasteiger charge is 2.35. The lowest BCUT2D eigenvalue weighted by Crippen LogP contribution is -2.18. The van der Waals surface area contributed by atoms with Crippen molar-refractivity contribution in [2.45, 2.75) is 6.18 Å². The second kappa shape index (κ2) is 5.65. The zero-order valence-electron chi connectivity index (χ0n) is 10.5. The largest absolute Gasteiger partial charge is 0.417 e. The number of nitrogens with one attached hydrogen (secondary N) is 1. The highest BCUT2D eigenvalue weighted by Crippen LogP contribution is 2.33. The molecule has 0 aliphatic carbocycles. The summed E-state index contributed by atoms with van der Waals surface area (Å²) in [6, 6.07) is 8.97. The molecule has 0 fully saturated rings. The van der Waals surface area contributed by atoms with Crippen LogP contribution >= 0.6 is 11.6 Å². The lowest BCUT2D eigenvalue weighted by Gasteiger charge is -2.13. The molecule has 110 valence electrons. The van der Waals surface area contributed by atoms with Crippen LogP contribution in [0.1, 0.15) is 15.9 Å². The minimum atomic E-state index is -4.65. The van der Waals surface area contributed by atoms with E-state index in [2.05, 4.69) is 5.32 Å². The van der Waals surface area contributed by atoms with E-state index in [4.69, 9.17) is 17.3 Å². The Kier molecular flexibility index (Phi) is 4.09. The number of carbonyl (C=O) groups excluding carboxylic acids is 1. The number of hydrogen-bond acceptors (Lipinski definition) is 2. The van der Waals surface area contributed by atoms with E-state index in [0.29, 0.717) is 11.4 Å². The number of hydrogen-bond donors (Lipinski definition) is 2. The van der Waals surface area contributed by atoms with Gasteiger partial charge in [-0.2, -0.15) is 13.2 Å². The molecule has 0 aliphatic heterocycles. The van der Waals surface area contributed by atoms with Crippen LogP contribution in [0.25, 0.3) is 0 Å². The van der Waals surface area contributed by atoms with Crippen molar-refractivity contribution >= 4 is 28.9 Å². The number of carbonyl (C=O) groups is 1. The van der Waals surface area contributed by atoms with Crippen molar-refractivity contribution in [3.63, 3.8) is 0 Å². The molecule has 0 saturated heterocycles. The van der Waals surface area contributed by atoms with Gasteiger partial charge in [-0.15, -0.1) is 0 Å². The van der Waals surface area contributed by atoms with Crippen LogP contribution in [0.4, 0.5) is 24.5 Å². The molecule has 0 bridgehead atoms. The number of nitrogen functional groups attached to an aromatic ring is 1. The number of benzene rings is 2. The molecular weight excluding hydrogens is 305 g/mol. The van der Waals surface area contributed by atoms with E-state index in [1.165, 1.54) is 12.1 Å². The van der Waals surface area contributed by atoms with Crippen molar-refractivity contribution in [3.8, 4) is 0 Å². The zero-order chi connectivity index (χ0) is 15.6. The summed E-state index contributed by atoms with van der Waals surface area (Å²) in [7, 11) is 0. The van der Waals surface area contributed by atoms with E-state index in [-0.39, 0.29) is 5.02 Å². The molecule has 0 unspecified atom stereocenters. The molecule has 0 spiro atoms. The standard InChI is InChI=1S/C14H10ClF3N2O/c15-8-4-5-12(14(16,17)18)11(6-8)13(21)20-10-3-1-2-9(19)7-10/h1-7H,19H2,(H,20,21). The lowest BCUT2D eigenvalue weighted by molar-refractivity contribution is -0.137. The molecular formula is C14H10ClF3N2O. The Morgan fingerprint density at radius 3 is 2.48 bits per heavy atom. The minimum absolute atomic E-state index is 0.0423. The fourth-order valence-corrected chi connectivity index (χ4v) is 1.94. The molecule has 0 saturated carbocycles. The maximum absolute atomic E-state index is 12.9. The fraction of sp³-hybridized carbons (Fsp3) is 0.0714. The average Bonchev–Trinajstić information content (AvgIpc) is 2.37. The Labute approximate surface area is 123 Å². The van der Waals surface area contributed by atoms with Gasteiger partial charge in [-0.05, 0) is 36.4 Å². The summed E-state index contributed by atoms with van der Waals surface area (Å²) >= 11 is 5.67. The topological polar surface area (TPSA) is 55.1 Å². The average molecular weight is 315 g/mol. The van der Waals surface area contributed by atoms with Gasteiger partial charge in [0.15, 0.2) is 0 Å². The molecule has 2 aromatic carbocycles. The molecule has 0 aliphatic rings. The number of halogens is 4. The third-order valence-electron chi connectivity index (χ3n) is 2.68. The highest BCUT2D eigenvalue weighted by molar-refractivity contribution is 6.31. The Balaban J connectivity index is 2.37.